The van der Waals surface area contributed by atoms with Crippen LogP contribution in [0.3, 0.4) is 0 Å². The van der Waals surface area contributed by atoms with Gasteiger partial charge in [-0.2, -0.15) is 0 Å². The monoisotopic (exact) mass is 363 g/mol. The van der Waals surface area contributed by atoms with Crippen LogP contribution in [0.1, 0.15) is 21.5 Å². The van der Waals surface area contributed by atoms with E-state index in [1.165, 1.54) is 5.56 Å². The highest BCUT2D eigenvalue weighted by molar-refractivity contribution is 6.31. The number of rotatable bonds is 3. The zero-order valence-corrected chi connectivity index (χ0v) is 15.1. The van der Waals surface area contributed by atoms with Crippen molar-refractivity contribution in [1.29, 1.82) is 0 Å². The number of benzene rings is 2. The molecular weight excluding hydrogens is 346 g/mol. The minimum atomic E-state index is -0.175. The van der Waals surface area contributed by atoms with Crippen LogP contribution in [-0.2, 0) is 6.42 Å². The molecule has 0 atom stereocenters. The van der Waals surface area contributed by atoms with Crippen LogP contribution >= 0.6 is 11.6 Å². The average molecular weight is 364 g/mol. The van der Waals surface area contributed by atoms with Crippen LogP contribution < -0.4 is 10.2 Å². The Labute approximate surface area is 157 Å². The van der Waals surface area contributed by atoms with Crippen molar-refractivity contribution < 1.29 is 4.79 Å². The molecule has 0 saturated carbocycles. The normalized spacial score (nSPS) is 12.8. The van der Waals surface area contributed by atoms with Gasteiger partial charge in [-0.25, -0.2) is 4.98 Å². The number of carbonyl (C=O) groups excluding carboxylic acids is 1. The molecule has 130 valence electrons. The van der Waals surface area contributed by atoms with E-state index in [2.05, 4.69) is 27.3 Å². The Morgan fingerprint density at radius 1 is 1.15 bits per heavy atom. The molecule has 1 N–H and O–H groups in total. The van der Waals surface area contributed by atoms with Crippen molar-refractivity contribution in [2.45, 2.75) is 13.3 Å². The number of aryl methyl sites for hydroxylation is 1. The molecule has 1 amide bonds. The van der Waals surface area contributed by atoms with Gasteiger partial charge in [0.1, 0.15) is 5.82 Å². The van der Waals surface area contributed by atoms with Crippen LogP contribution in [0.5, 0.6) is 0 Å². The zero-order valence-electron chi connectivity index (χ0n) is 14.4. The fraction of sp³-hybridized carbons (Fsp3) is 0.143. The van der Waals surface area contributed by atoms with Crippen LogP contribution in [0.15, 0.2) is 60.8 Å². The van der Waals surface area contributed by atoms with Gasteiger partial charge >= 0.3 is 0 Å². The van der Waals surface area contributed by atoms with Crippen molar-refractivity contribution in [1.82, 2.24) is 4.98 Å². The first-order chi connectivity index (χ1) is 12.6. The van der Waals surface area contributed by atoms with Crippen molar-refractivity contribution >= 4 is 34.7 Å². The lowest BCUT2D eigenvalue weighted by molar-refractivity contribution is 0.102. The van der Waals surface area contributed by atoms with Crippen LogP contribution in [0, 0.1) is 6.92 Å². The number of hydrogen-bond donors (Lipinski definition) is 1. The first-order valence-corrected chi connectivity index (χ1v) is 8.88. The lowest BCUT2D eigenvalue weighted by Gasteiger charge is -2.19. The number of halogens is 1. The highest BCUT2D eigenvalue weighted by atomic mass is 35.5. The number of amides is 1. The highest BCUT2D eigenvalue weighted by Gasteiger charge is 2.21. The number of nitrogens with one attached hydrogen (secondary N) is 1. The molecule has 0 radical (unpaired) electrons. The molecule has 4 nitrogen and oxygen atoms in total. The van der Waals surface area contributed by atoms with Gasteiger partial charge in [0.2, 0.25) is 0 Å². The SMILES string of the molecule is Cc1ccc(Cl)cc1NC(=O)c1ccnc(N2CCc3ccccc32)c1. The topological polar surface area (TPSA) is 45.2 Å². The predicted octanol–water partition coefficient (Wildman–Crippen LogP) is 4.99. The molecule has 0 fully saturated rings. The Morgan fingerprint density at radius 2 is 2.00 bits per heavy atom. The van der Waals surface area contributed by atoms with Crippen molar-refractivity contribution in [2.24, 2.45) is 0 Å². The Balaban J connectivity index is 1.60. The van der Waals surface area contributed by atoms with Crippen molar-refractivity contribution in [2.75, 3.05) is 16.8 Å². The van der Waals surface area contributed by atoms with Crippen molar-refractivity contribution in [3.8, 4) is 0 Å². The summed E-state index contributed by atoms with van der Waals surface area (Å²) in [7, 11) is 0. The molecule has 1 aliphatic heterocycles. The summed E-state index contributed by atoms with van der Waals surface area (Å²) in [6, 6.07) is 17.3. The fourth-order valence-corrected chi connectivity index (χ4v) is 3.38. The second kappa shape index (κ2) is 6.81. The summed E-state index contributed by atoms with van der Waals surface area (Å²) in [4.78, 5) is 19.3. The fourth-order valence-electron chi connectivity index (χ4n) is 3.21. The van der Waals surface area contributed by atoms with E-state index in [0.29, 0.717) is 16.3 Å². The number of aromatic nitrogens is 1. The van der Waals surface area contributed by atoms with Gasteiger partial charge in [-0.3, -0.25) is 4.79 Å². The third-order valence-electron chi connectivity index (χ3n) is 4.62. The summed E-state index contributed by atoms with van der Waals surface area (Å²) in [5.74, 6) is 0.608. The second-order valence-corrected chi connectivity index (χ2v) is 6.78. The van der Waals surface area contributed by atoms with Gasteiger partial charge in [-0.05, 0) is 54.8 Å². The third-order valence-corrected chi connectivity index (χ3v) is 4.85. The number of carbonyl (C=O) groups is 1. The van der Waals surface area contributed by atoms with Crippen LogP contribution in [0.4, 0.5) is 17.2 Å². The summed E-state index contributed by atoms with van der Waals surface area (Å²) in [6.07, 6.45) is 2.66. The maximum absolute atomic E-state index is 12.7. The summed E-state index contributed by atoms with van der Waals surface area (Å²) < 4.78 is 0. The van der Waals surface area contributed by atoms with Gasteiger partial charge in [-0.15, -0.1) is 0 Å². The van der Waals surface area contributed by atoms with Crippen molar-refractivity contribution in [3.63, 3.8) is 0 Å². The van der Waals surface area contributed by atoms with E-state index in [1.807, 2.05) is 37.3 Å². The molecular formula is C21H18ClN3O. The minimum Gasteiger partial charge on any atom is -0.326 e. The predicted molar refractivity (Wildman–Crippen MR) is 106 cm³/mol. The summed E-state index contributed by atoms with van der Waals surface area (Å²) in [5.41, 5.74) is 4.71. The van der Waals surface area contributed by atoms with E-state index in [1.54, 1.807) is 18.3 Å². The molecule has 26 heavy (non-hydrogen) atoms. The van der Waals surface area contributed by atoms with Gasteiger partial charge in [-0.1, -0.05) is 35.9 Å². The Kier molecular flexibility index (Phi) is 4.35. The molecule has 1 aliphatic rings. The Bertz CT molecular complexity index is 986. The van der Waals surface area contributed by atoms with E-state index in [9.17, 15) is 4.79 Å². The molecule has 0 saturated heterocycles. The minimum absolute atomic E-state index is 0.175. The number of hydrogen-bond acceptors (Lipinski definition) is 3. The molecule has 0 bridgehead atoms. The smallest absolute Gasteiger partial charge is 0.255 e. The van der Waals surface area contributed by atoms with Gasteiger partial charge in [0.25, 0.3) is 5.91 Å². The molecule has 5 heteroatoms. The zero-order chi connectivity index (χ0) is 18.1. The number of nitrogens with zero attached hydrogens (tertiary/aromatic N) is 2. The van der Waals surface area contributed by atoms with Crippen LogP contribution in [0.2, 0.25) is 5.02 Å². The number of anilines is 3. The van der Waals surface area contributed by atoms with Gasteiger partial charge in [0, 0.05) is 34.7 Å². The van der Waals surface area contributed by atoms with E-state index < -0.39 is 0 Å². The average Bonchev–Trinajstić information content (AvgIpc) is 3.09. The molecule has 2 aromatic carbocycles. The summed E-state index contributed by atoms with van der Waals surface area (Å²) in [6.45, 7) is 2.80. The Morgan fingerprint density at radius 3 is 2.88 bits per heavy atom. The quantitative estimate of drug-likeness (QED) is 0.713. The molecule has 4 rings (SSSR count). The van der Waals surface area contributed by atoms with Gasteiger partial charge in [0.15, 0.2) is 0 Å². The van der Waals surface area contributed by atoms with E-state index in [4.69, 9.17) is 11.6 Å². The highest BCUT2D eigenvalue weighted by Crippen LogP contribution is 2.33. The Hall–Kier alpha value is -2.85. The van der Waals surface area contributed by atoms with E-state index >= 15 is 0 Å². The number of pyridine rings is 1. The maximum Gasteiger partial charge on any atom is 0.255 e. The van der Waals surface area contributed by atoms with Crippen LogP contribution in [-0.4, -0.2) is 17.4 Å². The molecule has 2 heterocycles. The molecule has 1 aromatic heterocycles. The second-order valence-electron chi connectivity index (χ2n) is 6.35. The largest absolute Gasteiger partial charge is 0.326 e. The molecule has 0 spiro atoms. The van der Waals surface area contributed by atoms with Crippen LogP contribution in [0.25, 0.3) is 0 Å². The van der Waals surface area contributed by atoms with E-state index in [-0.39, 0.29) is 5.91 Å². The van der Waals surface area contributed by atoms with E-state index in [0.717, 1.165) is 30.0 Å². The maximum atomic E-state index is 12.7. The van der Waals surface area contributed by atoms with Crippen molar-refractivity contribution in [3.05, 3.63) is 82.5 Å². The third kappa shape index (κ3) is 3.16. The first kappa shape index (κ1) is 16.6. The lowest BCUT2D eigenvalue weighted by Crippen LogP contribution is -2.17. The molecule has 3 aromatic rings. The standard InChI is InChI=1S/C21H18ClN3O/c1-14-6-7-17(22)13-18(14)24-21(26)16-8-10-23-20(12-16)25-11-9-15-4-2-3-5-19(15)25/h2-8,10,12-13H,9,11H2,1H3,(H,24,26). The molecule has 0 aliphatic carbocycles. The lowest BCUT2D eigenvalue weighted by atomic mass is 10.1. The molecule has 0 unspecified atom stereocenters. The first-order valence-electron chi connectivity index (χ1n) is 8.51. The number of fused-ring (bicyclic) bond motifs is 1. The number of para-hydroxylation sites is 1. The summed E-state index contributed by atoms with van der Waals surface area (Å²) in [5, 5.41) is 3.53. The summed E-state index contributed by atoms with van der Waals surface area (Å²) >= 11 is 6.04. The van der Waals surface area contributed by atoms with Gasteiger partial charge in [0.05, 0.1) is 0 Å². The van der Waals surface area contributed by atoms with Gasteiger partial charge < -0.3 is 10.2 Å².